The molecule has 2 bridgehead atoms. The second kappa shape index (κ2) is 3.46. The van der Waals surface area contributed by atoms with E-state index < -0.39 is 5.79 Å². The summed E-state index contributed by atoms with van der Waals surface area (Å²) in [4.78, 5) is -0.291. The second-order valence-corrected chi connectivity index (χ2v) is 7.79. The quantitative estimate of drug-likeness (QED) is 0.606. The molecule has 0 radical (unpaired) electrons. The first-order chi connectivity index (χ1) is 7.18. The fraction of sp³-hybridized carbons (Fsp3) is 1.00. The predicted octanol–water partition coefficient (Wildman–Crippen LogP) is 2.91. The van der Waals surface area contributed by atoms with Crippen LogP contribution in [-0.2, 0) is 0 Å². The molecule has 0 aromatic heterocycles. The van der Waals surface area contributed by atoms with Crippen molar-refractivity contribution in [2.24, 2.45) is 22.7 Å². The molecular weight excluding hydrogens is 268 g/mol. The first-order valence-electron chi connectivity index (χ1n) is 6.26. The van der Waals surface area contributed by atoms with E-state index >= 15 is 0 Å². The lowest BCUT2D eigenvalue weighted by atomic mass is 9.34. The van der Waals surface area contributed by atoms with Crippen LogP contribution in [0.4, 0.5) is 0 Å². The summed E-state index contributed by atoms with van der Waals surface area (Å²) in [6.07, 6.45) is 3.32. The summed E-state index contributed by atoms with van der Waals surface area (Å²) in [5, 5.41) is 21.1. The molecule has 3 aliphatic carbocycles. The lowest BCUT2D eigenvalue weighted by molar-refractivity contribution is -0.361. The van der Waals surface area contributed by atoms with Gasteiger partial charge < -0.3 is 10.2 Å². The summed E-state index contributed by atoms with van der Waals surface area (Å²) in [5.74, 6) is -0.566. The summed E-state index contributed by atoms with van der Waals surface area (Å²) < 4.78 is 0. The third-order valence-electron chi connectivity index (χ3n) is 5.74. The molecule has 0 saturated heterocycles. The van der Waals surface area contributed by atoms with Crippen molar-refractivity contribution in [2.75, 3.05) is 0 Å². The molecule has 3 rings (SSSR count). The van der Waals surface area contributed by atoms with Crippen molar-refractivity contribution in [1.82, 2.24) is 0 Å². The highest BCUT2D eigenvalue weighted by molar-refractivity contribution is 9.09. The zero-order valence-electron chi connectivity index (χ0n) is 10.6. The molecule has 0 amide bonds. The largest absolute Gasteiger partial charge is 0.364 e. The minimum Gasteiger partial charge on any atom is -0.364 e. The van der Waals surface area contributed by atoms with Crippen LogP contribution in [-0.4, -0.2) is 20.8 Å². The highest BCUT2D eigenvalue weighted by Gasteiger charge is 2.73. The average Bonchev–Trinajstić information content (AvgIpc) is 2.16. The van der Waals surface area contributed by atoms with Crippen LogP contribution in [0.3, 0.4) is 0 Å². The van der Waals surface area contributed by atoms with Crippen LogP contribution in [0.5, 0.6) is 0 Å². The van der Waals surface area contributed by atoms with Gasteiger partial charge in [-0.2, -0.15) is 0 Å². The van der Waals surface area contributed by atoms with Crippen LogP contribution in [0.1, 0.15) is 47.0 Å². The Bertz CT molecular complexity index is 298. The van der Waals surface area contributed by atoms with Crippen LogP contribution in [0.2, 0.25) is 0 Å². The van der Waals surface area contributed by atoms with E-state index in [9.17, 15) is 10.2 Å². The third-order valence-corrected chi connectivity index (χ3v) is 6.38. The first-order valence-corrected chi connectivity index (χ1v) is 7.18. The van der Waals surface area contributed by atoms with Crippen molar-refractivity contribution >= 4 is 15.9 Å². The van der Waals surface area contributed by atoms with Crippen LogP contribution in [0.25, 0.3) is 0 Å². The van der Waals surface area contributed by atoms with Gasteiger partial charge in [0.25, 0.3) is 0 Å². The van der Waals surface area contributed by atoms with Gasteiger partial charge in [-0.15, -0.1) is 0 Å². The number of alkyl halides is 1. The summed E-state index contributed by atoms with van der Waals surface area (Å²) in [6, 6.07) is 0. The van der Waals surface area contributed by atoms with E-state index in [-0.39, 0.29) is 15.7 Å². The SMILES string of the molecule is CC(Br)C(O)(O)C12CC(CCC1C)C2(C)C. The van der Waals surface area contributed by atoms with Crippen molar-refractivity contribution in [3.05, 3.63) is 0 Å². The number of hydrogen-bond acceptors (Lipinski definition) is 2. The number of hydrogen-bond donors (Lipinski definition) is 2. The van der Waals surface area contributed by atoms with Gasteiger partial charge in [0.05, 0.1) is 4.83 Å². The molecule has 2 N–H and O–H groups in total. The van der Waals surface area contributed by atoms with E-state index in [0.717, 1.165) is 12.8 Å². The molecule has 3 fully saturated rings. The lowest BCUT2D eigenvalue weighted by Gasteiger charge is -2.72. The van der Waals surface area contributed by atoms with Crippen molar-refractivity contribution in [2.45, 2.75) is 57.6 Å². The molecule has 0 aromatic carbocycles. The second-order valence-electron chi connectivity index (χ2n) is 6.41. The fourth-order valence-corrected chi connectivity index (χ4v) is 4.89. The molecule has 0 aromatic rings. The zero-order valence-corrected chi connectivity index (χ0v) is 12.2. The zero-order chi connectivity index (χ0) is 12.4. The maximum Gasteiger partial charge on any atom is 0.181 e. The van der Waals surface area contributed by atoms with E-state index in [1.54, 1.807) is 0 Å². The lowest BCUT2D eigenvalue weighted by Crippen LogP contribution is -2.73. The van der Waals surface area contributed by atoms with E-state index in [1.807, 2.05) is 6.92 Å². The van der Waals surface area contributed by atoms with Gasteiger partial charge in [0.1, 0.15) is 0 Å². The molecule has 3 heteroatoms. The molecular formula is C13H23BrO2. The molecule has 4 atom stereocenters. The first kappa shape index (κ1) is 12.8. The average molecular weight is 291 g/mol. The van der Waals surface area contributed by atoms with Crippen molar-refractivity contribution < 1.29 is 10.2 Å². The van der Waals surface area contributed by atoms with Gasteiger partial charge in [0.15, 0.2) is 5.79 Å². The Kier molecular flexibility index (Phi) is 2.77. The number of halogens is 1. The molecule has 0 spiro atoms. The molecule has 94 valence electrons. The van der Waals surface area contributed by atoms with Crippen molar-refractivity contribution in [3.8, 4) is 0 Å². The monoisotopic (exact) mass is 290 g/mol. The highest BCUT2D eigenvalue weighted by Crippen LogP contribution is 2.73. The van der Waals surface area contributed by atoms with Gasteiger partial charge in [-0.1, -0.05) is 36.7 Å². The normalized spacial score (nSPS) is 43.7. The Balaban J connectivity index is 2.43. The molecule has 0 aliphatic heterocycles. The van der Waals surface area contributed by atoms with Crippen LogP contribution in [0, 0.1) is 22.7 Å². The van der Waals surface area contributed by atoms with Crippen LogP contribution in [0.15, 0.2) is 0 Å². The van der Waals surface area contributed by atoms with E-state index in [1.165, 1.54) is 6.42 Å². The van der Waals surface area contributed by atoms with E-state index in [4.69, 9.17) is 0 Å². The Hall–Kier alpha value is 0.400. The van der Waals surface area contributed by atoms with Gasteiger partial charge in [0.2, 0.25) is 0 Å². The van der Waals surface area contributed by atoms with Crippen molar-refractivity contribution in [3.63, 3.8) is 0 Å². The van der Waals surface area contributed by atoms with E-state index in [2.05, 4.69) is 36.7 Å². The van der Waals surface area contributed by atoms with Gasteiger partial charge in [0, 0.05) is 5.41 Å². The molecule has 0 heterocycles. The maximum atomic E-state index is 10.5. The Morgan fingerprint density at radius 3 is 2.25 bits per heavy atom. The van der Waals surface area contributed by atoms with Gasteiger partial charge in [-0.3, -0.25) is 0 Å². The molecule has 2 nitrogen and oxygen atoms in total. The minimum atomic E-state index is -1.60. The summed E-state index contributed by atoms with van der Waals surface area (Å²) in [6.45, 7) is 8.41. The maximum absolute atomic E-state index is 10.5. The summed E-state index contributed by atoms with van der Waals surface area (Å²) in [5.41, 5.74) is -0.304. The Labute approximate surface area is 107 Å². The molecule has 4 unspecified atom stereocenters. The topological polar surface area (TPSA) is 40.5 Å². The predicted molar refractivity (Wildman–Crippen MR) is 68.3 cm³/mol. The Morgan fingerprint density at radius 1 is 1.31 bits per heavy atom. The van der Waals surface area contributed by atoms with Gasteiger partial charge in [-0.25, -0.2) is 0 Å². The van der Waals surface area contributed by atoms with Crippen LogP contribution >= 0.6 is 15.9 Å². The Morgan fingerprint density at radius 2 is 1.88 bits per heavy atom. The summed E-state index contributed by atoms with van der Waals surface area (Å²) in [7, 11) is 0. The van der Waals surface area contributed by atoms with Crippen molar-refractivity contribution in [1.29, 1.82) is 0 Å². The standard InChI is InChI=1S/C13H23BrO2/c1-8-5-6-10-7-12(8,11(10,3)4)13(15,16)9(2)14/h8-10,15-16H,5-7H2,1-4H3. The highest BCUT2D eigenvalue weighted by atomic mass is 79.9. The number of rotatable bonds is 2. The third kappa shape index (κ3) is 1.20. The minimum absolute atomic E-state index is 0.0379. The molecule has 3 aliphatic rings. The van der Waals surface area contributed by atoms with E-state index in [0.29, 0.717) is 11.8 Å². The summed E-state index contributed by atoms with van der Waals surface area (Å²) >= 11 is 3.37. The molecule has 16 heavy (non-hydrogen) atoms. The fourth-order valence-electron chi connectivity index (χ4n) is 4.48. The number of fused-ring (bicyclic) bond motifs is 2. The number of aliphatic hydroxyl groups is 2. The van der Waals surface area contributed by atoms with Gasteiger partial charge >= 0.3 is 0 Å². The smallest absolute Gasteiger partial charge is 0.181 e. The molecule has 3 saturated carbocycles. The van der Waals surface area contributed by atoms with Gasteiger partial charge in [-0.05, 0) is 43.4 Å². The van der Waals surface area contributed by atoms with Crippen LogP contribution < -0.4 is 0 Å².